The fourth-order valence-corrected chi connectivity index (χ4v) is 13.2. The van der Waals surface area contributed by atoms with Gasteiger partial charge in [0, 0.05) is 25.7 Å². The number of phosphoric acid groups is 2. The molecule has 2 unspecified atom stereocenters. The van der Waals surface area contributed by atoms with Gasteiger partial charge in [-0.05, 0) is 43.4 Å². The molecule has 0 aromatic rings. The first-order valence-electron chi connectivity index (χ1n) is 39.3. The topological polar surface area (TPSA) is 237 Å². The molecule has 0 radical (unpaired) electrons. The fourth-order valence-electron chi connectivity index (χ4n) is 11.6. The summed E-state index contributed by atoms with van der Waals surface area (Å²) in [5.41, 5.74) is 0. The number of carbonyl (C=O) groups is 4. The molecule has 0 aromatic heterocycles. The van der Waals surface area contributed by atoms with Crippen LogP contribution in [0.4, 0.5) is 0 Å². The lowest BCUT2D eigenvalue weighted by molar-refractivity contribution is -0.161. The third-order valence-corrected chi connectivity index (χ3v) is 19.5. The molecule has 0 rings (SSSR count). The maximum absolute atomic E-state index is 13.1. The van der Waals surface area contributed by atoms with Gasteiger partial charge < -0.3 is 33.8 Å². The summed E-state index contributed by atoms with van der Waals surface area (Å²) in [4.78, 5) is 72.7. The van der Waals surface area contributed by atoms with Crippen LogP contribution in [0.5, 0.6) is 0 Å². The molecule has 564 valence electrons. The Labute approximate surface area is 581 Å². The normalized spacial score (nSPS) is 14.1. The zero-order valence-corrected chi connectivity index (χ0v) is 63.9. The van der Waals surface area contributed by atoms with Gasteiger partial charge in [0.05, 0.1) is 26.4 Å². The van der Waals surface area contributed by atoms with Crippen molar-refractivity contribution < 1.29 is 80.2 Å². The smallest absolute Gasteiger partial charge is 0.462 e. The van der Waals surface area contributed by atoms with Gasteiger partial charge in [0.2, 0.25) is 0 Å². The monoisotopic (exact) mass is 1400 g/mol. The van der Waals surface area contributed by atoms with E-state index in [1.54, 1.807) is 0 Å². The molecule has 0 aromatic carbocycles. The largest absolute Gasteiger partial charge is 0.472 e. The Balaban J connectivity index is 5.22. The maximum Gasteiger partial charge on any atom is 0.472 e. The summed E-state index contributed by atoms with van der Waals surface area (Å²) >= 11 is 0. The lowest BCUT2D eigenvalue weighted by atomic mass is 10.0. The van der Waals surface area contributed by atoms with Crippen LogP contribution in [0.3, 0.4) is 0 Å². The number of unbranched alkanes of at least 4 members (excludes halogenated alkanes) is 42. The molecule has 0 heterocycles. The molecule has 0 aliphatic heterocycles. The first kappa shape index (κ1) is 93.1. The summed E-state index contributed by atoms with van der Waals surface area (Å²) in [6.45, 7) is 11.9. The van der Waals surface area contributed by atoms with Crippen molar-refractivity contribution in [1.29, 1.82) is 0 Å². The van der Waals surface area contributed by atoms with Crippen LogP contribution in [0.2, 0.25) is 0 Å². The Morgan fingerprint density at radius 1 is 0.284 bits per heavy atom. The Morgan fingerprint density at radius 3 is 0.716 bits per heavy atom. The quantitative estimate of drug-likeness (QED) is 0.0222. The molecule has 5 atom stereocenters. The van der Waals surface area contributed by atoms with Crippen molar-refractivity contribution in [3.05, 3.63) is 0 Å². The van der Waals surface area contributed by atoms with Gasteiger partial charge in [-0.3, -0.25) is 37.3 Å². The average molecular weight is 1400 g/mol. The van der Waals surface area contributed by atoms with Crippen molar-refractivity contribution in [3.8, 4) is 0 Å². The minimum absolute atomic E-state index is 0.104. The van der Waals surface area contributed by atoms with Gasteiger partial charge in [-0.1, -0.05) is 337 Å². The minimum atomic E-state index is -4.96. The van der Waals surface area contributed by atoms with Crippen molar-refractivity contribution in [1.82, 2.24) is 0 Å². The van der Waals surface area contributed by atoms with Gasteiger partial charge in [-0.25, -0.2) is 9.13 Å². The SMILES string of the molecule is CCCCCCCCCCCCC(=O)OC[C@H](COP(=O)(O)OC[C@H](O)COP(=O)(O)OC[C@@H](COC(=O)CCCCCCCCCCCCCCCCC(C)C)OC(=O)CCCCCCCCCCCCCCCCCC(C)C)OC(=O)CCCCCCCCCC(C)C. The molecular formula is C76H148O17P2. The maximum atomic E-state index is 13.1. The fraction of sp³-hybridized carbons (Fsp3) is 0.947. The summed E-state index contributed by atoms with van der Waals surface area (Å²) in [6, 6.07) is 0. The third-order valence-electron chi connectivity index (χ3n) is 17.6. The highest BCUT2D eigenvalue weighted by Crippen LogP contribution is 2.45. The van der Waals surface area contributed by atoms with E-state index in [0.717, 1.165) is 102 Å². The number of rotatable bonds is 74. The van der Waals surface area contributed by atoms with Crippen molar-refractivity contribution in [2.45, 2.75) is 407 Å². The van der Waals surface area contributed by atoms with E-state index in [4.69, 9.17) is 37.0 Å². The molecule has 0 aliphatic carbocycles. The second-order valence-corrected chi connectivity index (χ2v) is 31.7. The van der Waals surface area contributed by atoms with Crippen LogP contribution in [0.25, 0.3) is 0 Å². The van der Waals surface area contributed by atoms with E-state index in [1.165, 1.54) is 199 Å². The van der Waals surface area contributed by atoms with E-state index in [1.807, 2.05) is 0 Å². The van der Waals surface area contributed by atoms with Gasteiger partial charge in [-0.2, -0.15) is 0 Å². The molecule has 0 aliphatic rings. The lowest BCUT2D eigenvalue weighted by Crippen LogP contribution is -2.30. The molecule has 0 saturated carbocycles. The Morgan fingerprint density at radius 2 is 0.484 bits per heavy atom. The number of hydrogen-bond donors (Lipinski definition) is 3. The van der Waals surface area contributed by atoms with E-state index in [-0.39, 0.29) is 25.7 Å². The number of aliphatic hydroxyl groups excluding tert-OH is 1. The summed E-state index contributed by atoms with van der Waals surface area (Å²) in [7, 11) is -9.91. The number of ether oxygens (including phenoxy) is 4. The minimum Gasteiger partial charge on any atom is -0.462 e. The average Bonchev–Trinajstić information content (AvgIpc) is 1.56. The lowest BCUT2D eigenvalue weighted by Gasteiger charge is -2.21. The predicted molar refractivity (Wildman–Crippen MR) is 386 cm³/mol. The molecule has 0 bridgehead atoms. The van der Waals surface area contributed by atoms with Crippen molar-refractivity contribution >= 4 is 39.5 Å². The van der Waals surface area contributed by atoms with Crippen LogP contribution < -0.4 is 0 Å². The van der Waals surface area contributed by atoms with Crippen LogP contribution in [0.15, 0.2) is 0 Å². The van der Waals surface area contributed by atoms with E-state index in [2.05, 4.69) is 48.5 Å². The first-order chi connectivity index (χ1) is 45.7. The Hall–Kier alpha value is -1.94. The van der Waals surface area contributed by atoms with Crippen molar-refractivity contribution in [2.75, 3.05) is 39.6 Å². The van der Waals surface area contributed by atoms with Gasteiger partial charge in [-0.15, -0.1) is 0 Å². The Kier molecular flexibility index (Phi) is 65.2. The van der Waals surface area contributed by atoms with Gasteiger partial charge in [0.25, 0.3) is 0 Å². The summed E-state index contributed by atoms with van der Waals surface area (Å²) in [5, 5.41) is 10.6. The van der Waals surface area contributed by atoms with Crippen molar-refractivity contribution in [3.63, 3.8) is 0 Å². The number of aliphatic hydroxyl groups is 1. The zero-order valence-electron chi connectivity index (χ0n) is 62.1. The van der Waals surface area contributed by atoms with Gasteiger partial charge in [0.15, 0.2) is 12.2 Å². The Bertz CT molecular complexity index is 1850. The number of hydrogen-bond acceptors (Lipinski definition) is 15. The molecule has 17 nitrogen and oxygen atoms in total. The van der Waals surface area contributed by atoms with Gasteiger partial charge >= 0.3 is 39.5 Å². The van der Waals surface area contributed by atoms with E-state index in [0.29, 0.717) is 31.6 Å². The summed E-state index contributed by atoms with van der Waals surface area (Å²) < 4.78 is 68.5. The molecule has 19 heteroatoms. The number of carbonyl (C=O) groups excluding carboxylic acids is 4. The van der Waals surface area contributed by atoms with Crippen molar-refractivity contribution in [2.24, 2.45) is 17.8 Å². The van der Waals surface area contributed by atoms with E-state index < -0.39 is 97.5 Å². The highest BCUT2D eigenvalue weighted by Gasteiger charge is 2.30. The van der Waals surface area contributed by atoms with Crippen LogP contribution in [0.1, 0.15) is 389 Å². The van der Waals surface area contributed by atoms with E-state index in [9.17, 15) is 43.2 Å². The second-order valence-electron chi connectivity index (χ2n) is 28.8. The van der Waals surface area contributed by atoms with Gasteiger partial charge in [0.1, 0.15) is 19.3 Å². The van der Waals surface area contributed by atoms with Crippen LogP contribution in [-0.2, 0) is 65.4 Å². The highest BCUT2D eigenvalue weighted by molar-refractivity contribution is 7.47. The molecular weight excluding hydrogens is 1250 g/mol. The second kappa shape index (κ2) is 66.6. The molecule has 3 N–H and O–H groups in total. The third kappa shape index (κ3) is 70.3. The predicted octanol–water partition coefficient (Wildman–Crippen LogP) is 22.2. The van der Waals surface area contributed by atoms with Crippen LogP contribution >= 0.6 is 15.6 Å². The standard InChI is InChI=1S/C76H148O17P2/c1-8-9-10-11-12-13-29-36-43-50-57-73(78)86-64-72(93-76(81)60-53-46-39-32-35-42-49-56-69(6)7)66-91-95(84,85)89-62-70(77)61-88-94(82,83)90-65-71(63-87-74(79)58-51-44-37-30-25-21-18-17-20-24-28-34-41-48-55-68(4)5)92-75(80)59-52-45-38-31-26-22-16-14-15-19-23-27-33-40-47-54-67(2)3/h67-72,77H,8-66H2,1-7H3,(H,82,83)(H,84,85)/t70-,71-,72-/m1/s1. The molecule has 0 fully saturated rings. The van der Waals surface area contributed by atoms with E-state index >= 15 is 0 Å². The van der Waals surface area contributed by atoms with Crippen LogP contribution in [-0.4, -0.2) is 96.7 Å². The highest BCUT2D eigenvalue weighted by atomic mass is 31.2. The number of phosphoric ester groups is 2. The summed E-state index contributed by atoms with van der Waals surface area (Å²) in [6.07, 6.45) is 52.8. The van der Waals surface area contributed by atoms with Crippen LogP contribution in [0, 0.1) is 17.8 Å². The number of esters is 4. The molecule has 95 heavy (non-hydrogen) atoms. The zero-order chi connectivity index (χ0) is 70.1. The molecule has 0 saturated heterocycles. The first-order valence-corrected chi connectivity index (χ1v) is 42.3. The summed E-state index contributed by atoms with van der Waals surface area (Å²) in [5.74, 6) is 0.178. The molecule has 0 amide bonds. The molecule has 0 spiro atoms.